The highest BCUT2D eigenvalue weighted by atomic mass is 28.4. The van der Waals surface area contributed by atoms with Crippen molar-refractivity contribution in [2.24, 2.45) is 0 Å². The van der Waals surface area contributed by atoms with Gasteiger partial charge in [0.2, 0.25) is 0 Å². The van der Waals surface area contributed by atoms with Crippen molar-refractivity contribution in [1.82, 2.24) is 0 Å². The van der Waals surface area contributed by atoms with Gasteiger partial charge in [0, 0.05) is 32.3 Å². The summed E-state index contributed by atoms with van der Waals surface area (Å²) in [6, 6.07) is 0.810. The molecule has 0 amide bonds. The molecule has 0 unspecified atom stereocenters. The van der Waals surface area contributed by atoms with Crippen LogP contribution in [0, 0.1) is 0 Å². The fourth-order valence-corrected chi connectivity index (χ4v) is 4.94. The SMILES string of the molecule is CCO[Si](CCCC1(C)OCCO1)(OCC)OCC. The zero-order valence-corrected chi connectivity index (χ0v) is 13.7. The molecular weight excluding hydrogens is 264 g/mol. The van der Waals surface area contributed by atoms with Crippen molar-refractivity contribution in [3.05, 3.63) is 0 Å². The van der Waals surface area contributed by atoms with Crippen molar-refractivity contribution in [1.29, 1.82) is 0 Å². The molecule has 0 aromatic carbocycles. The molecule has 0 spiro atoms. The van der Waals surface area contributed by atoms with Gasteiger partial charge in [-0.15, -0.1) is 0 Å². The molecule has 0 bridgehead atoms. The molecule has 1 saturated heterocycles. The Kier molecular flexibility index (Phi) is 7.49. The fraction of sp³-hybridized carbons (Fsp3) is 1.00. The maximum atomic E-state index is 5.82. The van der Waals surface area contributed by atoms with Crippen molar-refractivity contribution < 1.29 is 22.8 Å². The van der Waals surface area contributed by atoms with E-state index in [9.17, 15) is 0 Å². The van der Waals surface area contributed by atoms with E-state index < -0.39 is 14.6 Å². The van der Waals surface area contributed by atoms with Crippen molar-refractivity contribution in [3.8, 4) is 0 Å². The molecule has 1 rings (SSSR count). The zero-order valence-electron chi connectivity index (χ0n) is 12.7. The summed E-state index contributed by atoms with van der Waals surface area (Å²) in [5.74, 6) is -0.440. The number of rotatable bonds is 10. The van der Waals surface area contributed by atoms with Crippen molar-refractivity contribution in [2.45, 2.75) is 52.4 Å². The van der Waals surface area contributed by atoms with Crippen LogP contribution >= 0.6 is 0 Å². The highest BCUT2D eigenvalue weighted by Crippen LogP contribution is 2.28. The lowest BCUT2D eigenvalue weighted by atomic mass is 10.2. The Bertz CT molecular complexity index is 226. The van der Waals surface area contributed by atoms with Crippen molar-refractivity contribution >= 4 is 8.80 Å². The summed E-state index contributed by atoms with van der Waals surface area (Å²) in [7, 11) is -2.51. The molecule has 0 aliphatic carbocycles. The Morgan fingerprint density at radius 1 is 0.947 bits per heavy atom. The van der Waals surface area contributed by atoms with Crippen LogP contribution in [-0.4, -0.2) is 47.6 Å². The molecule has 1 heterocycles. The normalized spacial score (nSPS) is 18.9. The zero-order chi connectivity index (χ0) is 14.2. The van der Waals surface area contributed by atoms with Gasteiger partial charge in [-0.3, -0.25) is 0 Å². The lowest BCUT2D eigenvalue weighted by Gasteiger charge is -2.29. The van der Waals surface area contributed by atoms with Gasteiger partial charge < -0.3 is 22.8 Å². The second-order valence-corrected chi connectivity index (χ2v) is 7.40. The summed E-state index contributed by atoms with van der Waals surface area (Å²) >= 11 is 0. The first-order valence-electron chi connectivity index (χ1n) is 7.29. The van der Waals surface area contributed by atoms with Gasteiger partial charge in [0.15, 0.2) is 5.79 Å². The minimum Gasteiger partial charge on any atom is -0.374 e. The standard InChI is InChI=1S/C13H28O5Si/c1-5-16-19(17-6-2,18-7-3)12-8-9-13(4)14-10-11-15-13/h5-12H2,1-4H3. The summed E-state index contributed by atoms with van der Waals surface area (Å²) in [5, 5.41) is 0. The van der Waals surface area contributed by atoms with Gasteiger partial charge in [0.05, 0.1) is 13.2 Å². The summed E-state index contributed by atoms with van der Waals surface area (Å²) < 4.78 is 28.7. The van der Waals surface area contributed by atoms with Crippen LogP contribution in [-0.2, 0) is 22.8 Å². The van der Waals surface area contributed by atoms with E-state index in [1.807, 2.05) is 27.7 Å². The predicted molar refractivity (Wildman–Crippen MR) is 75.0 cm³/mol. The molecule has 1 aliphatic heterocycles. The van der Waals surface area contributed by atoms with Crippen LogP contribution in [0.3, 0.4) is 0 Å². The lowest BCUT2D eigenvalue weighted by Crippen LogP contribution is -2.46. The predicted octanol–water partition coefficient (Wildman–Crippen LogP) is 2.58. The second kappa shape index (κ2) is 8.34. The highest BCUT2D eigenvalue weighted by Gasteiger charge is 2.41. The Labute approximate surface area is 117 Å². The van der Waals surface area contributed by atoms with Crippen LogP contribution < -0.4 is 0 Å². The maximum absolute atomic E-state index is 5.82. The van der Waals surface area contributed by atoms with E-state index in [0.29, 0.717) is 33.0 Å². The first-order valence-corrected chi connectivity index (χ1v) is 9.22. The monoisotopic (exact) mass is 292 g/mol. The van der Waals surface area contributed by atoms with Gasteiger partial charge in [-0.1, -0.05) is 0 Å². The van der Waals surface area contributed by atoms with E-state index in [2.05, 4.69) is 0 Å². The quantitative estimate of drug-likeness (QED) is 0.579. The van der Waals surface area contributed by atoms with E-state index >= 15 is 0 Å². The summed E-state index contributed by atoms with van der Waals surface area (Å²) in [5.41, 5.74) is 0. The second-order valence-electron chi connectivity index (χ2n) is 4.67. The van der Waals surface area contributed by atoms with Crippen molar-refractivity contribution in [2.75, 3.05) is 33.0 Å². The van der Waals surface area contributed by atoms with Gasteiger partial charge in [-0.05, 0) is 34.1 Å². The Morgan fingerprint density at radius 2 is 1.42 bits per heavy atom. The first-order chi connectivity index (χ1) is 9.10. The molecule has 5 nitrogen and oxygen atoms in total. The number of ether oxygens (including phenoxy) is 2. The smallest absolute Gasteiger partial charge is 0.374 e. The van der Waals surface area contributed by atoms with Gasteiger partial charge in [-0.25, -0.2) is 0 Å². The van der Waals surface area contributed by atoms with Crippen LogP contribution in [0.2, 0.25) is 6.04 Å². The van der Waals surface area contributed by atoms with Crippen LogP contribution in [0.25, 0.3) is 0 Å². The number of hydrogen-bond donors (Lipinski definition) is 0. The molecule has 0 radical (unpaired) electrons. The molecule has 19 heavy (non-hydrogen) atoms. The Hall–Kier alpha value is 0.0169. The van der Waals surface area contributed by atoms with Gasteiger partial charge in [0.25, 0.3) is 0 Å². The summed E-state index contributed by atoms with van der Waals surface area (Å²) in [4.78, 5) is 0. The highest BCUT2D eigenvalue weighted by molar-refractivity contribution is 6.60. The van der Waals surface area contributed by atoms with Crippen LogP contribution in [0.4, 0.5) is 0 Å². The Balaban J connectivity index is 2.46. The molecule has 0 aromatic rings. The van der Waals surface area contributed by atoms with E-state index in [0.717, 1.165) is 18.9 Å². The van der Waals surface area contributed by atoms with E-state index in [1.54, 1.807) is 0 Å². The molecule has 6 heteroatoms. The molecule has 114 valence electrons. The average Bonchev–Trinajstić information content (AvgIpc) is 2.77. The van der Waals surface area contributed by atoms with E-state index in [-0.39, 0.29) is 0 Å². The summed E-state index contributed by atoms with van der Waals surface area (Å²) in [6.07, 6.45) is 1.76. The van der Waals surface area contributed by atoms with Crippen LogP contribution in [0.15, 0.2) is 0 Å². The molecule has 1 aliphatic rings. The Morgan fingerprint density at radius 3 is 1.84 bits per heavy atom. The molecular formula is C13H28O5Si. The maximum Gasteiger partial charge on any atom is 0.500 e. The minimum absolute atomic E-state index is 0.440. The lowest BCUT2D eigenvalue weighted by molar-refractivity contribution is -0.147. The van der Waals surface area contributed by atoms with Crippen LogP contribution in [0.1, 0.15) is 40.5 Å². The largest absolute Gasteiger partial charge is 0.500 e. The third kappa shape index (κ3) is 5.49. The topological polar surface area (TPSA) is 46.2 Å². The molecule has 0 saturated carbocycles. The third-order valence-electron chi connectivity index (χ3n) is 3.10. The third-order valence-corrected chi connectivity index (χ3v) is 6.26. The molecule has 0 aromatic heterocycles. The fourth-order valence-electron chi connectivity index (χ4n) is 2.33. The van der Waals surface area contributed by atoms with Gasteiger partial charge in [-0.2, -0.15) is 0 Å². The molecule has 1 fully saturated rings. The summed E-state index contributed by atoms with van der Waals surface area (Å²) in [6.45, 7) is 11.1. The van der Waals surface area contributed by atoms with Crippen molar-refractivity contribution in [3.63, 3.8) is 0 Å². The minimum atomic E-state index is -2.51. The number of hydrogen-bond acceptors (Lipinski definition) is 5. The van der Waals surface area contributed by atoms with Gasteiger partial charge in [0.1, 0.15) is 0 Å². The average molecular weight is 292 g/mol. The van der Waals surface area contributed by atoms with E-state index in [4.69, 9.17) is 22.8 Å². The molecule has 0 N–H and O–H groups in total. The molecule has 0 atom stereocenters. The van der Waals surface area contributed by atoms with Gasteiger partial charge >= 0.3 is 8.80 Å². The van der Waals surface area contributed by atoms with Crippen LogP contribution in [0.5, 0.6) is 0 Å². The first kappa shape index (κ1) is 17.1. The van der Waals surface area contributed by atoms with E-state index in [1.165, 1.54) is 0 Å².